The van der Waals surface area contributed by atoms with Crippen LogP contribution in [0.4, 0.5) is 0 Å². The zero-order chi connectivity index (χ0) is 12.7. The van der Waals surface area contributed by atoms with Crippen LogP contribution in [0, 0.1) is 5.92 Å². The van der Waals surface area contributed by atoms with Gasteiger partial charge in [-0.1, -0.05) is 23.7 Å². The van der Waals surface area contributed by atoms with E-state index in [4.69, 9.17) is 11.6 Å². The van der Waals surface area contributed by atoms with Crippen LogP contribution in [0.1, 0.15) is 22.5 Å². The van der Waals surface area contributed by atoms with Crippen molar-refractivity contribution in [2.24, 2.45) is 5.92 Å². The number of halogens is 2. The van der Waals surface area contributed by atoms with Gasteiger partial charge in [0, 0.05) is 20.8 Å². The fourth-order valence-electron chi connectivity index (χ4n) is 1.86. The van der Waals surface area contributed by atoms with E-state index < -0.39 is 0 Å². The van der Waals surface area contributed by atoms with Crippen LogP contribution in [0.3, 0.4) is 0 Å². The summed E-state index contributed by atoms with van der Waals surface area (Å²) >= 11 is 11.1. The zero-order valence-corrected chi connectivity index (χ0v) is 12.6. The SMILES string of the molecule is O=C(c1ccc(-c2cccc(Cl)c2Br)s1)C1CC1. The summed E-state index contributed by atoms with van der Waals surface area (Å²) in [5, 5.41) is 0.691. The molecule has 0 spiro atoms. The highest BCUT2D eigenvalue weighted by Crippen LogP contribution is 2.40. The van der Waals surface area contributed by atoms with Crippen molar-refractivity contribution in [2.75, 3.05) is 0 Å². The van der Waals surface area contributed by atoms with Gasteiger partial charge in [-0.15, -0.1) is 11.3 Å². The second-order valence-electron chi connectivity index (χ2n) is 4.40. The number of benzene rings is 1. The van der Waals surface area contributed by atoms with E-state index in [0.29, 0.717) is 10.8 Å². The van der Waals surface area contributed by atoms with Crippen LogP contribution in [0.15, 0.2) is 34.8 Å². The third kappa shape index (κ3) is 2.27. The number of ketones is 1. The number of thiophene rings is 1. The Hall–Kier alpha value is -0.640. The standard InChI is InChI=1S/C14H10BrClOS/c15-13-9(2-1-3-10(13)16)11-6-7-12(18-11)14(17)8-4-5-8/h1-3,6-8H,4-5H2. The molecular formula is C14H10BrClOS. The molecule has 0 N–H and O–H groups in total. The molecule has 0 atom stereocenters. The van der Waals surface area contributed by atoms with Gasteiger partial charge in [0.05, 0.1) is 9.90 Å². The van der Waals surface area contributed by atoms with E-state index in [1.165, 1.54) is 0 Å². The Balaban J connectivity index is 1.97. The van der Waals surface area contributed by atoms with E-state index in [2.05, 4.69) is 15.9 Å². The van der Waals surface area contributed by atoms with Gasteiger partial charge in [-0.25, -0.2) is 0 Å². The summed E-state index contributed by atoms with van der Waals surface area (Å²) in [6.07, 6.45) is 2.10. The zero-order valence-electron chi connectivity index (χ0n) is 9.45. The van der Waals surface area contributed by atoms with Crippen LogP contribution < -0.4 is 0 Å². The second kappa shape index (κ2) is 4.80. The van der Waals surface area contributed by atoms with Crippen LogP contribution in [0.5, 0.6) is 0 Å². The minimum Gasteiger partial charge on any atom is -0.293 e. The van der Waals surface area contributed by atoms with Gasteiger partial charge in [0.2, 0.25) is 0 Å². The molecule has 1 heterocycles. The number of rotatable bonds is 3. The van der Waals surface area contributed by atoms with Crippen molar-refractivity contribution in [1.29, 1.82) is 0 Å². The van der Waals surface area contributed by atoms with Crippen LogP contribution in [-0.2, 0) is 0 Å². The molecule has 0 bridgehead atoms. The quantitative estimate of drug-likeness (QED) is 0.681. The van der Waals surface area contributed by atoms with Gasteiger partial charge in [-0.05, 0) is 47.0 Å². The van der Waals surface area contributed by atoms with Crippen molar-refractivity contribution in [2.45, 2.75) is 12.8 Å². The summed E-state index contributed by atoms with van der Waals surface area (Å²) in [6, 6.07) is 9.70. The van der Waals surface area contributed by atoms with Gasteiger partial charge < -0.3 is 0 Å². The first kappa shape index (κ1) is 12.4. The van der Waals surface area contributed by atoms with Crippen molar-refractivity contribution in [3.63, 3.8) is 0 Å². The van der Waals surface area contributed by atoms with Gasteiger partial charge in [0.1, 0.15) is 0 Å². The van der Waals surface area contributed by atoms with Crippen LogP contribution in [-0.4, -0.2) is 5.78 Å². The first-order chi connectivity index (χ1) is 8.66. The third-order valence-corrected chi connectivity index (χ3v) is 5.54. The molecule has 1 aromatic carbocycles. The van der Waals surface area contributed by atoms with Crippen LogP contribution >= 0.6 is 38.9 Å². The topological polar surface area (TPSA) is 17.1 Å². The molecule has 18 heavy (non-hydrogen) atoms. The van der Waals surface area contributed by atoms with Gasteiger partial charge in [-0.3, -0.25) is 4.79 Å². The van der Waals surface area contributed by atoms with Crippen molar-refractivity contribution in [1.82, 2.24) is 0 Å². The molecule has 3 rings (SSSR count). The fourth-order valence-corrected chi connectivity index (χ4v) is 3.70. The van der Waals surface area contributed by atoms with E-state index in [-0.39, 0.29) is 5.92 Å². The lowest BCUT2D eigenvalue weighted by atomic mass is 10.2. The van der Waals surface area contributed by atoms with Crippen molar-refractivity contribution < 1.29 is 4.79 Å². The molecule has 1 aliphatic carbocycles. The third-order valence-electron chi connectivity index (χ3n) is 3.01. The molecule has 2 aromatic rings. The van der Waals surface area contributed by atoms with Crippen molar-refractivity contribution >= 4 is 44.7 Å². The Morgan fingerprint density at radius 3 is 2.78 bits per heavy atom. The molecule has 0 unspecified atom stereocenters. The van der Waals surface area contributed by atoms with Gasteiger partial charge >= 0.3 is 0 Å². The number of Topliss-reactive ketones (excluding diaryl/α,β-unsaturated/α-hetero) is 1. The summed E-state index contributed by atoms with van der Waals surface area (Å²) < 4.78 is 0.888. The smallest absolute Gasteiger partial charge is 0.175 e. The lowest BCUT2D eigenvalue weighted by molar-refractivity contribution is 0.0971. The highest BCUT2D eigenvalue weighted by atomic mass is 79.9. The molecule has 0 aliphatic heterocycles. The first-order valence-electron chi connectivity index (χ1n) is 5.75. The summed E-state index contributed by atoms with van der Waals surface area (Å²) in [5.41, 5.74) is 1.04. The second-order valence-corrected chi connectivity index (χ2v) is 6.69. The number of carbonyl (C=O) groups is 1. The number of hydrogen-bond donors (Lipinski definition) is 0. The maximum absolute atomic E-state index is 12.0. The normalized spacial score (nSPS) is 14.8. The Kier molecular flexibility index (Phi) is 3.31. The molecule has 1 aromatic heterocycles. The Morgan fingerprint density at radius 1 is 1.28 bits per heavy atom. The predicted octanol–water partition coefficient (Wildman–Crippen LogP) is 5.42. The molecule has 92 valence electrons. The number of hydrogen-bond acceptors (Lipinski definition) is 2. The molecule has 0 amide bonds. The average Bonchev–Trinajstić information content (AvgIpc) is 3.10. The minimum atomic E-state index is 0.277. The van der Waals surface area contributed by atoms with Gasteiger partial charge in [0.25, 0.3) is 0 Å². The summed E-state index contributed by atoms with van der Waals surface area (Å²) in [7, 11) is 0. The maximum atomic E-state index is 12.0. The summed E-state index contributed by atoms with van der Waals surface area (Å²) in [5.74, 6) is 0.573. The van der Waals surface area contributed by atoms with Crippen molar-refractivity contribution in [3.05, 3.63) is 44.7 Å². The largest absolute Gasteiger partial charge is 0.293 e. The van der Waals surface area contributed by atoms with Gasteiger partial charge in [-0.2, -0.15) is 0 Å². The molecule has 4 heteroatoms. The summed E-state index contributed by atoms with van der Waals surface area (Å²) in [6.45, 7) is 0. The minimum absolute atomic E-state index is 0.277. The van der Waals surface area contributed by atoms with E-state index in [0.717, 1.165) is 32.6 Å². The van der Waals surface area contributed by atoms with Crippen molar-refractivity contribution in [3.8, 4) is 10.4 Å². The van der Waals surface area contributed by atoms with Crippen LogP contribution in [0.2, 0.25) is 5.02 Å². The maximum Gasteiger partial charge on any atom is 0.175 e. The lowest BCUT2D eigenvalue weighted by Gasteiger charge is -2.02. The highest BCUT2D eigenvalue weighted by molar-refractivity contribution is 9.10. The van der Waals surface area contributed by atoms with E-state index in [9.17, 15) is 4.79 Å². The predicted molar refractivity (Wildman–Crippen MR) is 79.5 cm³/mol. The Bertz CT molecular complexity index is 616. The average molecular weight is 342 g/mol. The fraction of sp³-hybridized carbons (Fsp3) is 0.214. The molecular weight excluding hydrogens is 332 g/mol. The number of carbonyl (C=O) groups excluding carboxylic acids is 1. The molecule has 1 saturated carbocycles. The molecule has 1 aliphatic rings. The van der Waals surface area contributed by atoms with E-state index in [1.807, 2.05) is 30.3 Å². The lowest BCUT2D eigenvalue weighted by Crippen LogP contribution is -1.96. The van der Waals surface area contributed by atoms with E-state index >= 15 is 0 Å². The van der Waals surface area contributed by atoms with Crippen LogP contribution in [0.25, 0.3) is 10.4 Å². The summed E-state index contributed by atoms with van der Waals surface area (Å²) in [4.78, 5) is 13.9. The van der Waals surface area contributed by atoms with E-state index in [1.54, 1.807) is 11.3 Å². The highest BCUT2D eigenvalue weighted by Gasteiger charge is 2.31. The molecule has 0 saturated heterocycles. The Morgan fingerprint density at radius 2 is 2.06 bits per heavy atom. The molecule has 0 radical (unpaired) electrons. The Labute approximate surface area is 123 Å². The first-order valence-corrected chi connectivity index (χ1v) is 7.74. The van der Waals surface area contributed by atoms with Gasteiger partial charge in [0.15, 0.2) is 5.78 Å². The molecule has 1 nitrogen and oxygen atoms in total. The molecule has 1 fully saturated rings. The monoisotopic (exact) mass is 340 g/mol.